The molecule has 0 spiro atoms. The fraction of sp³-hybridized carbons (Fsp3) is 0.559. The molecule has 0 radical (unpaired) electrons. The lowest BCUT2D eigenvalue weighted by molar-refractivity contribution is 0.0576. The lowest BCUT2D eigenvalue weighted by Gasteiger charge is -2.31. The van der Waals surface area contributed by atoms with Gasteiger partial charge in [0, 0.05) is 31.0 Å². The van der Waals surface area contributed by atoms with Gasteiger partial charge >= 0.3 is 6.09 Å². The van der Waals surface area contributed by atoms with Crippen LogP contribution in [0.3, 0.4) is 0 Å². The smallest absolute Gasteiger partial charge is 0.416 e. The van der Waals surface area contributed by atoms with Crippen molar-refractivity contribution in [2.45, 2.75) is 91.3 Å². The number of hydrogen-bond acceptors (Lipinski definition) is 6. The van der Waals surface area contributed by atoms with E-state index in [1.165, 1.54) is 12.0 Å². The van der Waals surface area contributed by atoms with E-state index in [-0.39, 0.29) is 12.7 Å². The molecule has 2 aliphatic heterocycles. The predicted molar refractivity (Wildman–Crippen MR) is 166 cm³/mol. The Hall–Kier alpha value is -3.23. The number of likely N-dealkylation sites (tertiary alicyclic amines) is 1. The highest BCUT2D eigenvalue weighted by Crippen LogP contribution is 2.30. The number of nitrogens with zero attached hydrogens (tertiary/aromatic N) is 5. The number of aromatic nitrogens is 3. The SMILES string of the molecule is CCC(CN1CCC(CCc2ccc3c(n2)N(C(=O)OC(C)(C)C)CCC3)C1)c1cccc(-n2nc(CO)cc2C)c1. The molecular formula is C34H47N5O3. The van der Waals surface area contributed by atoms with Crippen LogP contribution in [0.25, 0.3) is 5.69 Å². The van der Waals surface area contributed by atoms with Gasteiger partial charge < -0.3 is 14.7 Å². The lowest BCUT2D eigenvalue weighted by atomic mass is 9.95. The fourth-order valence-electron chi connectivity index (χ4n) is 6.35. The first kappa shape index (κ1) is 30.2. The molecule has 0 saturated carbocycles. The minimum atomic E-state index is -0.524. The van der Waals surface area contributed by atoms with Crippen molar-refractivity contribution < 1.29 is 14.6 Å². The van der Waals surface area contributed by atoms with Crippen LogP contribution in [0, 0.1) is 12.8 Å². The zero-order valence-corrected chi connectivity index (χ0v) is 26.0. The Labute approximate surface area is 250 Å². The van der Waals surface area contributed by atoms with Crippen molar-refractivity contribution in [3.63, 3.8) is 0 Å². The Balaban J connectivity index is 1.18. The van der Waals surface area contributed by atoms with Crippen LogP contribution in [0.1, 0.15) is 87.5 Å². The molecule has 2 unspecified atom stereocenters. The maximum Gasteiger partial charge on any atom is 0.416 e. The van der Waals surface area contributed by atoms with Crippen molar-refractivity contribution >= 4 is 11.9 Å². The summed E-state index contributed by atoms with van der Waals surface area (Å²) in [4.78, 5) is 22.2. The quantitative estimate of drug-likeness (QED) is 0.328. The third-order valence-corrected chi connectivity index (χ3v) is 8.55. The van der Waals surface area contributed by atoms with Gasteiger partial charge in [0.1, 0.15) is 11.4 Å². The number of amides is 1. The molecule has 4 heterocycles. The van der Waals surface area contributed by atoms with Crippen LogP contribution in [-0.2, 0) is 24.2 Å². The number of hydrogen-bond donors (Lipinski definition) is 1. The van der Waals surface area contributed by atoms with E-state index in [1.807, 2.05) is 38.4 Å². The van der Waals surface area contributed by atoms with Crippen molar-refractivity contribution in [3.05, 3.63) is 70.7 Å². The van der Waals surface area contributed by atoms with E-state index in [4.69, 9.17) is 9.72 Å². The van der Waals surface area contributed by atoms with Crippen molar-refractivity contribution in [1.82, 2.24) is 19.7 Å². The van der Waals surface area contributed by atoms with E-state index in [0.29, 0.717) is 24.1 Å². The number of aryl methyl sites for hydroxylation is 3. The minimum absolute atomic E-state index is 0.0473. The number of rotatable bonds is 9. The molecule has 1 N–H and O–H groups in total. The monoisotopic (exact) mass is 573 g/mol. The number of ether oxygens (including phenoxy) is 1. The van der Waals surface area contributed by atoms with Gasteiger partial charge in [-0.25, -0.2) is 14.5 Å². The van der Waals surface area contributed by atoms with Crippen LogP contribution in [0.15, 0.2) is 42.5 Å². The van der Waals surface area contributed by atoms with Crippen LogP contribution in [0.5, 0.6) is 0 Å². The number of carbonyl (C=O) groups is 1. The maximum atomic E-state index is 12.9. The van der Waals surface area contributed by atoms with Gasteiger partial charge in [-0.2, -0.15) is 5.10 Å². The molecule has 2 aliphatic rings. The molecule has 8 nitrogen and oxygen atoms in total. The second-order valence-electron chi connectivity index (χ2n) is 13.0. The highest BCUT2D eigenvalue weighted by atomic mass is 16.6. The number of anilines is 1. The number of aliphatic hydroxyl groups excluding tert-OH is 1. The van der Waals surface area contributed by atoms with Gasteiger partial charge in [-0.3, -0.25) is 4.90 Å². The van der Waals surface area contributed by atoms with E-state index in [0.717, 1.165) is 80.2 Å². The number of aliphatic hydroxyl groups is 1. The third-order valence-electron chi connectivity index (χ3n) is 8.55. The van der Waals surface area contributed by atoms with Crippen molar-refractivity contribution in [2.75, 3.05) is 31.1 Å². The normalized spacial score (nSPS) is 18.2. The fourth-order valence-corrected chi connectivity index (χ4v) is 6.35. The molecule has 0 bridgehead atoms. The second-order valence-corrected chi connectivity index (χ2v) is 13.0. The summed E-state index contributed by atoms with van der Waals surface area (Å²) in [6, 6.07) is 14.9. The maximum absolute atomic E-state index is 12.9. The molecule has 226 valence electrons. The van der Waals surface area contributed by atoms with Gasteiger partial charge in [0.15, 0.2) is 0 Å². The largest absolute Gasteiger partial charge is 0.443 e. The van der Waals surface area contributed by atoms with E-state index in [1.54, 1.807) is 4.90 Å². The van der Waals surface area contributed by atoms with Crippen LogP contribution in [-0.4, -0.2) is 62.6 Å². The Kier molecular flexibility index (Phi) is 9.33. The van der Waals surface area contributed by atoms with E-state index in [2.05, 4.69) is 53.3 Å². The van der Waals surface area contributed by atoms with E-state index >= 15 is 0 Å². The predicted octanol–water partition coefficient (Wildman–Crippen LogP) is 6.20. The average Bonchev–Trinajstić information content (AvgIpc) is 3.59. The van der Waals surface area contributed by atoms with Gasteiger partial charge in [-0.1, -0.05) is 25.1 Å². The highest BCUT2D eigenvalue weighted by Gasteiger charge is 2.29. The summed E-state index contributed by atoms with van der Waals surface area (Å²) in [6.07, 6.45) is 5.90. The Morgan fingerprint density at radius 1 is 1.14 bits per heavy atom. The molecule has 3 aromatic rings. The van der Waals surface area contributed by atoms with Gasteiger partial charge in [-0.15, -0.1) is 0 Å². The minimum Gasteiger partial charge on any atom is -0.443 e. The topological polar surface area (TPSA) is 83.7 Å². The van der Waals surface area contributed by atoms with Gasteiger partial charge in [0.05, 0.1) is 18.0 Å². The van der Waals surface area contributed by atoms with E-state index < -0.39 is 5.60 Å². The Morgan fingerprint density at radius 2 is 1.98 bits per heavy atom. The van der Waals surface area contributed by atoms with Crippen molar-refractivity contribution in [1.29, 1.82) is 0 Å². The van der Waals surface area contributed by atoms with Gasteiger partial charge in [-0.05, 0) is 120 Å². The summed E-state index contributed by atoms with van der Waals surface area (Å²) in [5, 5.41) is 14.1. The average molecular weight is 574 g/mol. The number of pyridine rings is 1. The van der Waals surface area contributed by atoms with Gasteiger partial charge in [0.2, 0.25) is 0 Å². The second kappa shape index (κ2) is 13.0. The molecule has 5 rings (SSSR count). The molecule has 2 aromatic heterocycles. The molecule has 8 heteroatoms. The molecular weight excluding hydrogens is 526 g/mol. The molecule has 42 heavy (non-hydrogen) atoms. The number of fused-ring (bicyclic) bond motifs is 1. The Morgan fingerprint density at radius 3 is 2.71 bits per heavy atom. The third kappa shape index (κ3) is 7.21. The molecule has 1 fully saturated rings. The molecule has 1 amide bonds. The first-order valence-electron chi connectivity index (χ1n) is 15.6. The Bertz CT molecular complexity index is 1380. The first-order valence-corrected chi connectivity index (χ1v) is 15.6. The lowest BCUT2D eigenvalue weighted by Crippen LogP contribution is -2.40. The zero-order chi connectivity index (χ0) is 29.9. The van der Waals surface area contributed by atoms with Crippen molar-refractivity contribution in [2.24, 2.45) is 5.92 Å². The van der Waals surface area contributed by atoms with E-state index in [9.17, 15) is 9.90 Å². The molecule has 1 aromatic carbocycles. The summed E-state index contributed by atoms with van der Waals surface area (Å²) in [5.41, 5.74) is 5.77. The van der Waals surface area contributed by atoms with Crippen LogP contribution >= 0.6 is 0 Å². The summed E-state index contributed by atoms with van der Waals surface area (Å²) in [6.45, 7) is 13.9. The van der Waals surface area contributed by atoms with Gasteiger partial charge in [0.25, 0.3) is 0 Å². The standard InChI is InChI=1S/C34H47N5O3/c1-6-26(28-9-7-11-31(20-28)39-24(2)19-30(23-40)36-39)22-37-18-16-25(21-37)12-14-29-15-13-27-10-8-17-38(32(27)35-29)33(41)42-34(3,4)5/h7,9,11,13,15,19-20,25-26,40H,6,8,10,12,14,16-18,21-23H2,1-5H3. The molecule has 1 saturated heterocycles. The molecule has 0 aliphatic carbocycles. The van der Waals surface area contributed by atoms with Crippen LogP contribution < -0.4 is 4.90 Å². The summed E-state index contributed by atoms with van der Waals surface area (Å²) in [7, 11) is 0. The number of carbonyl (C=O) groups excluding carboxylic acids is 1. The van der Waals surface area contributed by atoms with Crippen molar-refractivity contribution in [3.8, 4) is 5.69 Å². The summed E-state index contributed by atoms with van der Waals surface area (Å²) < 4.78 is 7.59. The molecule has 2 atom stereocenters. The first-order chi connectivity index (χ1) is 20.1. The zero-order valence-electron chi connectivity index (χ0n) is 26.0. The summed E-state index contributed by atoms with van der Waals surface area (Å²) >= 11 is 0. The van der Waals surface area contributed by atoms with Crippen LogP contribution in [0.2, 0.25) is 0 Å². The van der Waals surface area contributed by atoms with Crippen LogP contribution in [0.4, 0.5) is 10.6 Å². The summed E-state index contributed by atoms with van der Waals surface area (Å²) in [5.74, 6) is 1.89. The number of benzene rings is 1. The highest BCUT2D eigenvalue weighted by molar-refractivity contribution is 5.88.